The molecule has 1 aliphatic rings. The largest absolute Gasteiger partial charge is 0.410 e. The molecule has 3 nitrogen and oxygen atoms in total. The second kappa shape index (κ2) is 4.89. The third-order valence-electron chi connectivity index (χ3n) is 2.39. The van der Waals surface area contributed by atoms with Crippen LogP contribution >= 0.6 is 11.8 Å². The van der Waals surface area contributed by atoms with Gasteiger partial charge in [-0.15, -0.1) is 0 Å². The zero-order chi connectivity index (χ0) is 12.3. The molecule has 0 aromatic heterocycles. The monoisotopic (exact) mass is 242 g/mol. The normalized spacial score (nSPS) is 19.4. The number of oxime groups is 1. The number of hydrogen-bond acceptors (Lipinski definition) is 4. The molecule has 0 radical (unpaired) electrons. The van der Waals surface area contributed by atoms with Crippen molar-refractivity contribution in [2.24, 2.45) is 5.16 Å². The average Bonchev–Trinajstić information content (AvgIpc) is 2.81. The maximum absolute atomic E-state index is 9.21. The highest BCUT2D eigenvalue weighted by molar-refractivity contribution is 8.18. The highest BCUT2D eigenvalue weighted by Gasteiger charge is 2.15. The van der Waals surface area contributed by atoms with Gasteiger partial charge in [0.1, 0.15) is 11.1 Å². The van der Waals surface area contributed by atoms with Gasteiger partial charge < -0.3 is 5.21 Å². The summed E-state index contributed by atoms with van der Waals surface area (Å²) in [5, 5.41) is 21.5. The second-order valence-electron chi connectivity index (χ2n) is 3.59. The Balaban J connectivity index is 2.42. The molecule has 0 bridgehead atoms. The number of hydrogen-bond donors (Lipinski definition) is 1. The van der Waals surface area contributed by atoms with E-state index in [1.807, 2.05) is 31.2 Å². The van der Waals surface area contributed by atoms with Crippen LogP contribution in [-0.2, 0) is 0 Å². The van der Waals surface area contributed by atoms with Gasteiger partial charge >= 0.3 is 0 Å². The highest BCUT2D eigenvalue weighted by atomic mass is 32.2. The van der Waals surface area contributed by atoms with Crippen molar-refractivity contribution in [1.29, 1.82) is 5.26 Å². The molecule has 0 saturated heterocycles. The van der Waals surface area contributed by atoms with Crippen LogP contribution in [0.15, 0.2) is 46.5 Å². The number of aryl methyl sites for hydroxylation is 1. The minimum atomic E-state index is 0.500. The van der Waals surface area contributed by atoms with Gasteiger partial charge in [0, 0.05) is 4.91 Å². The minimum Gasteiger partial charge on any atom is -0.410 e. The summed E-state index contributed by atoms with van der Waals surface area (Å²) in [4.78, 5) is 0.809. The molecule has 2 rings (SSSR count). The molecule has 1 aromatic carbocycles. The number of nitriles is 1. The summed E-state index contributed by atoms with van der Waals surface area (Å²) in [7, 11) is 0. The lowest BCUT2D eigenvalue weighted by Gasteiger charge is -2.02. The Morgan fingerprint density at radius 3 is 2.53 bits per heavy atom. The van der Waals surface area contributed by atoms with Crippen LogP contribution in [0.2, 0.25) is 0 Å². The lowest BCUT2D eigenvalue weighted by Crippen LogP contribution is -1.85. The lowest BCUT2D eigenvalue weighted by atomic mass is 10.1. The van der Waals surface area contributed by atoms with E-state index >= 15 is 0 Å². The van der Waals surface area contributed by atoms with Crippen LogP contribution in [0.25, 0.3) is 5.57 Å². The van der Waals surface area contributed by atoms with Crippen LogP contribution in [0.5, 0.6) is 0 Å². The molecule has 1 aliphatic heterocycles. The Bertz CT molecular complexity index is 562. The number of allylic oxidation sites excluding steroid dienone is 2. The first kappa shape index (κ1) is 11.5. The summed E-state index contributed by atoms with van der Waals surface area (Å²) in [5.41, 5.74) is 2.64. The maximum atomic E-state index is 9.21. The minimum absolute atomic E-state index is 0.500. The Hall–Kier alpha value is -1.99. The van der Waals surface area contributed by atoms with Crippen molar-refractivity contribution < 1.29 is 5.21 Å². The van der Waals surface area contributed by atoms with Crippen LogP contribution in [0, 0.1) is 18.3 Å². The van der Waals surface area contributed by atoms with Gasteiger partial charge in [-0.25, -0.2) is 0 Å². The van der Waals surface area contributed by atoms with Gasteiger partial charge in [0.2, 0.25) is 0 Å². The van der Waals surface area contributed by atoms with Gasteiger partial charge in [0.05, 0.1) is 5.57 Å². The third-order valence-corrected chi connectivity index (χ3v) is 3.38. The first-order valence-electron chi connectivity index (χ1n) is 5.04. The fraction of sp³-hybridized carbons (Fsp3) is 0.0769. The zero-order valence-corrected chi connectivity index (χ0v) is 10.0. The SMILES string of the molecule is Cc1ccc(C(C#N)=C2C=CC(=NO)S2)cc1. The molecule has 0 amide bonds. The van der Waals surface area contributed by atoms with Gasteiger partial charge in [0.15, 0.2) is 0 Å². The van der Waals surface area contributed by atoms with Crippen molar-refractivity contribution in [1.82, 2.24) is 0 Å². The predicted octanol–water partition coefficient (Wildman–Crippen LogP) is 3.32. The Labute approximate surface area is 104 Å². The Morgan fingerprint density at radius 2 is 2.00 bits per heavy atom. The molecule has 0 saturated carbocycles. The molecule has 0 aliphatic carbocycles. The molecular weight excluding hydrogens is 232 g/mol. The van der Waals surface area contributed by atoms with Crippen molar-refractivity contribution in [3.8, 4) is 6.07 Å². The molecule has 1 N–H and O–H groups in total. The summed E-state index contributed by atoms with van der Waals surface area (Å²) in [6.45, 7) is 2.00. The molecule has 17 heavy (non-hydrogen) atoms. The van der Waals surface area contributed by atoms with Crippen LogP contribution in [0.3, 0.4) is 0 Å². The summed E-state index contributed by atoms with van der Waals surface area (Å²) < 4.78 is 0. The Kier molecular flexibility index (Phi) is 3.31. The molecule has 4 heteroatoms. The van der Waals surface area contributed by atoms with Crippen molar-refractivity contribution in [2.75, 3.05) is 0 Å². The van der Waals surface area contributed by atoms with Crippen molar-refractivity contribution in [3.63, 3.8) is 0 Å². The van der Waals surface area contributed by atoms with Crippen LogP contribution in [0.1, 0.15) is 11.1 Å². The van der Waals surface area contributed by atoms with E-state index in [9.17, 15) is 5.26 Å². The van der Waals surface area contributed by atoms with E-state index in [0.717, 1.165) is 16.0 Å². The number of thioether (sulfide) groups is 1. The van der Waals surface area contributed by atoms with E-state index < -0.39 is 0 Å². The molecular formula is C13H10N2OS. The quantitative estimate of drug-likeness (QED) is 0.467. The summed E-state index contributed by atoms with van der Waals surface area (Å²) in [5.74, 6) is 0. The summed E-state index contributed by atoms with van der Waals surface area (Å²) in [6.07, 6.45) is 3.48. The van der Waals surface area contributed by atoms with E-state index in [4.69, 9.17) is 5.21 Å². The molecule has 84 valence electrons. The molecule has 1 heterocycles. The highest BCUT2D eigenvalue weighted by Crippen LogP contribution is 2.33. The van der Waals surface area contributed by atoms with E-state index in [1.54, 1.807) is 12.2 Å². The van der Waals surface area contributed by atoms with Crippen LogP contribution in [0.4, 0.5) is 0 Å². The van der Waals surface area contributed by atoms with Gasteiger partial charge in [-0.2, -0.15) is 5.26 Å². The Morgan fingerprint density at radius 1 is 1.29 bits per heavy atom. The molecule has 1 aromatic rings. The van der Waals surface area contributed by atoms with Crippen molar-refractivity contribution in [3.05, 3.63) is 52.4 Å². The van der Waals surface area contributed by atoms with Gasteiger partial charge in [0.25, 0.3) is 0 Å². The fourth-order valence-corrected chi connectivity index (χ4v) is 2.30. The first-order chi connectivity index (χ1) is 8.24. The smallest absolute Gasteiger partial charge is 0.140 e. The number of benzene rings is 1. The van der Waals surface area contributed by atoms with E-state index in [2.05, 4.69) is 11.2 Å². The lowest BCUT2D eigenvalue weighted by molar-refractivity contribution is 0.321. The van der Waals surface area contributed by atoms with Gasteiger partial charge in [-0.05, 0) is 24.6 Å². The second-order valence-corrected chi connectivity index (χ2v) is 4.65. The standard InChI is InChI=1S/C13H10N2OS/c1-9-2-4-10(5-3-9)11(8-14)12-6-7-13(15-16)17-12/h2-7,16H,1H3. The number of nitrogens with zero attached hydrogens (tertiary/aromatic N) is 2. The topological polar surface area (TPSA) is 56.4 Å². The van der Waals surface area contributed by atoms with Gasteiger partial charge in [-0.3, -0.25) is 0 Å². The molecule has 0 spiro atoms. The van der Waals surface area contributed by atoms with E-state index in [1.165, 1.54) is 11.8 Å². The van der Waals surface area contributed by atoms with Crippen LogP contribution < -0.4 is 0 Å². The van der Waals surface area contributed by atoms with E-state index in [0.29, 0.717) is 10.6 Å². The van der Waals surface area contributed by atoms with E-state index in [-0.39, 0.29) is 0 Å². The summed E-state index contributed by atoms with van der Waals surface area (Å²) >= 11 is 1.29. The summed E-state index contributed by atoms with van der Waals surface area (Å²) in [6, 6.07) is 9.98. The van der Waals surface area contributed by atoms with Gasteiger partial charge in [-0.1, -0.05) is 46.7 Å². The zero-order valence-electron chi connectivity index (χ0n) is 9.21. The fourth-order valence-electron chi connectivity index (χ4n) is 1.50. The predicted molar refractivity (Wildman–Crippen MR) is 69.7 cm³/mol. The average molecular weight is 242 g/mol. The first-order valence-corrected chi connectivity index (χ1v) is 5.85. The van der Waals surface area contributed by atoms with Crippen molar-refractivity contribution in [2.45, 2.75) is 6.92 Å². The molecule has 0 unspecified atom stereocenters. The van der Waals surface area contributed by atoms with Crippen LogP contribution in [-0.4, -0.2) is 10.3 Å². The molecule has 0 fully saturated rings. The third kappa shape index (κ3) is 2.40. The van der Waals surface area contributed by atoms with Crippen molar-refractivity contribution >= 4 is 22.4 Å². The maximum Gasteiger partial charge on any atom is 0.140 e. The number of rotatable bonds is 1. The molecule has 0 atom stereocenters.